The van der Waals surface area contributed by atoms with Gasteiger partial charge in [0.25, 0.3) is 5.91 Å². The molecule has 1 N–H and O–H groups in total. The van der Waals surface area contributed by atoms with Gasteiger partial charge in [0.15, 0.2) is 5.76 Å². The highest BCUT2D eigenvalue weighted by Crippen LogP contribution is 2.30. The number of hydrogen-bond donors (Lipinski definition) is 1. The van der Waals surface area contributed by atoms with E-state index in [-0.39, 0.29) is 17.6 Å². The van der Waals surface area contributed by atoms with E-state index in [2.05, 4.69) is 5.32 Å². The zero-order valence-electron chi connectivity index (χ0n) is 13.0. The Bertz CT molecular complexity index is 896. The summed E-state index contributed by atoms with van der Waals surface area (Å²) in [6.45, 7) is 0.677. The van der Waals surface area contributed by atoms with Gasteiger partial charge in [-0.25, -0.2) is 0 Å². The summed E-state index contributed by atoms with van der Waals surface area (Å²) in [6.07, 6.45) is 1.39. The van der Waals surface area contributed by atoms with E-state index in [4.69, 9.17) is 4.42 Å². The van der Waals surface area contributed by atoms with Gasteiger partial charge in [-0.05, 0) is 30.7 Å². The zero-order chi connectivity index (χ0) is 16.5. The van der Waals surface area contributed by atoms with E-state index in [9.17, 15) is 9.59 Å². The number of benzene rings is 2. The topological polar surface area (TPSA) is 62.6 Å². The Morgan fingerprint density at radius 2 is 1.88 bits per heavy atom. The first kappa shape index (κ1) is 14.5. The third-order valence-electron chi connectivity index (χ3n) is 4.17. The summed E-state index contributed by atoms with van der Waals surface area (Å²) < 4.78 is 5.60. The number of rotatable bonds is 3. The fourth-order valence-corrected chi connectivity index (χ4v) is 3.00. The highest BCUT2D eigenvalue weighted by molar-refractivity contribution is 6.08. The molecule has 24 heavy (non-hydrogen) atoms. The molecule has 1 aliphatic rings. The van der Waals surface area contributed by atoms with Crippen LogP contribution in [-0.4, -0.2) is 18.4 Å². The van der Waals surface area contributed by atoms with Crippen molar-refractivity contribution in [3.63, 3.8) is 0 Å². The van der Waals surface area contributed by atoms with Crippen LogP contribution in [0.2, 0.25) is 0 Å². The Kier molecular flexibility index (Phi) is 3.54. The van der Waals surface area contributed by atoms with E-state index in [1.165, 1.54) is 0 Å². The van der Waals surface area contributed by atoms with Gasteiger partial charge in [0.05, 0.1) is 11.4 Å². The Morgan fingerprint density at radius 3 is 2.67 bits per heavy atom. The zero-order valence-corrected chi connectivity index (χ0v) is 13.0. The van der Waals surface area contributed by atoms with E-state index in [1.807, 2.05) is 42.5 Å². The van der Waals surface area contributed by atoms with Crippen LogP contribution in [0.15, 0.2) is 59.0 Å². The Labute approximate surface area is 138 Å². The Morgan fingerprint density at radius 1 is 1.08 bits per heavy atom. The second-order valence-corrected chi connectivity index (χ2v) is 5.77. The lowest BCUT2D eigenvalue weighted by molar-refractivity contribution is -0.117. The second-order valence-electron chi connectivity index (χ2n) is 5.77. The number of carbonyl (C=O) groups is 2. The minimum absolute atomic E-state index is 0.0837. The van der Waals surface area contributed by atoms with Crippen LogP contribution in [-0.2, 0) is 4.79 Å². The molecule has 1 aliphatic heterocycles. The van der Waals surface area contributed by atoms with Crippen molar-refractivity contribution < 1.29 is 14.0 Å². The molecule has 2 amide bonds. The fourth-order valence-electron chi connectivity index (χ4n) is 3.00. The summed E-state index contributed by atoms with van der Waals surface area (Å²) in [4.78, 5) is 26.2. The van der Waals surface area contributed by atoms with Gasteiger partial charge in [-0.3, -0.25) is 9.59 Å². The standard InChI is InChI=1S/C19H16N2O3/c22-18-10-5-11-21(18)15-8-3-2-7-14(15)20-19(23)17-12-13-6-1-4-9-16(13)24-17/h1-4,6-9,12H,5,10-11H2,(H,20,23). The van der Waals surface area contributed by atoms with Crippen molar-refractivity contribution in [2.45, 2.75) is 12.8 Å². The molecule has 5 heteroatoms. The molecule has 0 atom stereocenters. The van der Waals surface area contributed by atoms with Crippen molar-refractivity contribution in [3.8, 4) is 0 Å². The van der Waals surface area contributed by atoms with Crippen molar-refractivity contribution in [1.82, 2.24) is 0 Å². The van der Waals surface area contributed by atoms with Gasteiger partial charge in [0, 0.05) is 18.4 Å². The maximum Gasteiger partial charge on any atom is 0.291 e. The molecule has 3 aromatic rings. The molecule has 2 heterocycles. The highest BCUT2D eigenvalue weighted by Gasteiger charge is 2.24. The first-order valence-corrected chi connectivity index (χ1v) is 7.92. The van der Waals surface area contributed by atoms with Crippen LogP contribution in [0.4, 0.5) is 11.4 Å². The van der Waals surface area contributed by atoms with Gasteiger partial charge in [-0.1, -0.05) is 30.3 Å². The summed E-state index contributed by atoms with van der Waals surface area (Å²) in [7, 11) is 0. The molecule has 0 aliphatic carbocycles. The average molecular weight is 320 g/mol. The van der Waals surface area contributed by atoms with Crippen LogP contribution >= 0.6 is 0 Å². The largest absolute Gasteiger partial charge is 0.451 e. The summed E-state index contributed by atoms with van der Waals surface area (Å²) in [5, 5.41) is 3.74. The van der Waals surface area contributed by atoms with Crippen LogP contribution < -0.4 is 10.2 Å². The lowest BCUT2D eigenvalue weighted by atomic mass is 10.2. The molecule has 1 aromatic heterocycles. The van der Waals surface area contributed by atoms with Crippen molar-refractivity contribution >= 4 is 34.2 Å². The van der Waals surface area contributed by atoms with Crippen molar-refractivity contribution in [1.29, 1.82) is 0 Å². The van der Waals surface area contributed by atoms with Crippen LogP contribution in [0.1, 0.15) is 23.4 Å². The van der Waals surface area contributed by atoms with Gasteiger partial charge in [0.2, 0.25) is 5.91 Å². The predicted octanol–water partition coefficient (Wildman–Crippen LogP) is 3.81. The number of hydrogen-bond acceptors (Lipinski definition) is 3. The lowest BCUT2D eigenvalue weighted by Gasteiger charge is -2.19. The number of carbonyl (C=O) groups excluding carboxylic acids is 2. The number of amides is 2. The number of anilines is 2. The number of furan rings is 1. The highest BCUT2D eigenvalue weighted by atomic mass is 16.3. The molecule has 0 bridgehead atoms. The van der Waals surface area contributed by atoms with Gasteiger partial charge < -0.3 is 14.6 Å². The molecular formula is C19H16N2O3. The van der Waals surface area contributed by atoms with E-state index < -0.39 is 0 Å². The summed E-state index contributed by atoms with van der Waals surface area (Å²) >= 11 is 0. The van der Waals surface area contributed by atoms with Gasteiger partial charge in [0.1, 0.15) is 5.58 Å². The molecule has 1 fully saturated rings. The lowest BCUT2D eigenvalue weighted by Crippen LogP contribution is -2.25. The van der Waals surface area contributed by atoms with E-state index in [0.717, 1.165) is 17.5 Å². The fraction of sp³-hybridized carbons (Fsp3) is 0.158. The normalized spacial score (nSPS) is 14.3. The maximum absolute atomic E-state index is 12.5. The summed E-state index contributed by atoms with van der Waals surface area (Å²) in [5.41, 5.74) is 2.01. The van der Waals surface area contributed by atoms with Gasteiger partial charge in [-0.2, -0.15) is 0 Å². The quantitative estimate of drug-likeness (QED) is 0.798. The molecule has 2 aromatic carbocycles. The predicted molar refractivity (Wildman–Crippen MR) is 92.2 cm³/mol. The number of para-hydroxylation sites is 3. The van der Waals surface area contributed by atoms with E-state index >= 15 is 0 Å². The minimum Gasteiger partial charge on any atom is -0.451 e. The first-order chi connectivity index (χ1) is 11.7. The molecule has 0 saturated carbocycles. The average Bonchev–Trinajstić information content (AvgIpc) is 3.21. The number of fused-ring (bicyclic) bond motifs is 1. The van der Waals surface area contributed by atoms with Gasteiger partial charge >= 0.3 is 0 Å². The monoisotopic (exact) mass is 320 g/mol. The molecule has 0 radical (unpaired) electrons. The van der Waals surface area contributed by atoms with Crippen LogP contribution in [0.25, 0.3) is 11.0 Å². The first-order valence-electron chi connectivity index (χ1n) is 7.92. The summed E-state index contributed by atoms with van der Waals surface area (Å²) in [6, 6.07) is 16.5. The van der Waals surface area contributed by atoms with Crippen molar-refractivity contribution in [3.05, 3.63) is 60.4 Å². The Balaban J connectivity index is 1.63. The van der Waals surface area contributed by atoms with E-state index in [0.29, 0.717) is 24.2 Å². The molecule has 0 spiro atoms. The number of nitrogens with zero attached hydrogens (tertiary/aromatic N) is 1. The molecule has 1 saturated heterocycles. The smallest absolute Gasteiger partial charge is 0.291 e. The van der Waals surface area contributed by atoms with Crippen LogP contribution in [0.5, 0.6) is 0 Å². The van der Waals surface area contributed by atoms with Crippen molar-refractivity contribution in [2.75, 3.05) is 16.8 Å². The minimum atomic E-state index is -0.328. The van der Waals surface area contributed by atoms with Crippen LogP contribution in [0.3, 0.4) is 0 Å². The third-order valence-corrected chi connectivity index (χ3v) is 4.17. The third kappa shape index (κ3) is 2.54. The molecule has 120 valence electrons. The SMILES string of the molecule is O=C(Nc1ccccc1N1CCCC1=O)c1cc2ccccc2o1. The van der Waals surface area contributed by atoms with E-state index in [1.54, 1.807) is 17.0 Å². The van der Waals surface area contributed by atoms with Gasteiger partial charge in [-0.15, -0.1) is 0 Å². The molecule has 5 nitrogen and oxygen atoms in total. The maximum atomic E-state index is 12.5. The molecule has 4 rings (SSSR count). The number of nitrogens with one attached hydrogen (secondary N) is 1. The van der Waals surface area contributed by atoms with Crippen LogP contribution in [0, 0.1) is 0 Å². The molecule has 0 unspecified atom stereocenters. The Hall–Kier alpha value is -3.08. The second kappa shape index (κ2) is 5.85. The van der Waals surface area contributed by atoms with Crippen molar-refractivity contribution in [2.24, 2.45) is 0 Å². The molecular weight excluding hydrogens is 304 g/mol. The summed E-state index contributed by atoms with van der Waals surface area (Å²) in [5.74, 6) is 0.00415.